The molecule has 2 amide bonds. The SMILES string of the molecule is COc1ccc2c(c1)CC1=C2C[C@@H]2C(=O)N(C)CC(=O)N2[C@@H]1c1ccc2c(c1)OCO2. The fraction of sp³-hybridized carbons (Fsp3) is 0.333. The predicted molar refractivity (Wildman–Crippen MR) is 112 cm³/mol. The van der Waals surface area contributed by atoms with Crippen LogP contribution in [0.3, 0.4) is 0 Å². The second kappa shape index (κ2) is 6.51. The summed E-state index contributed by atoms with van der Waals surface area (Å²) in [4.78, 5) is 29.6. The third kappa shape index (κ3) is 2.59. The molecule has 0 bridgehead atoms. The predicted octanol–water partition coefficient (Wildman–Crippen LogP) is 2.55. The van der Waals surface area contributed by atoms with E-state index in [-0.39, 0.29) is 31.2 Å². The van der Waals surface area contributed by atoms with Crippen LogP contribution < -0.4 is 14.2 Å². The molecular weight excluding hydrogens is 396 g/mol. The molecule has 4 aliphatic rings. The van der Waals surface area contributed by atoms with Gasteiger partial charge in [0.2, 0.25) is 18.6 Å². The Morgan fingerprint density at radius 3 is 2.74 bits per heavy atom. The highest BCUT2D eigenvalue weighted by atomic mass is 16.7. The molecule has 2 atom stereocenters. The van der Waals surface area contributed by atoms with Crippen molar-refractivity contribution in [3.8, 4) is 17.2 Å². The van der Waals surface area contributed by atoms with Crippen molar-refractivity contribution in [3.63, 3.8) is 0 Å². The van der Waals surface area contributed by atoms with Crippen molar-refractivity contribution in [1.82, 2.24) is 9.80 Å². The molecule has 1 aliphatic carbocycles. The fourth-order valence-electron chi connectivity index (χ4n) is 5.35. The molecule has 158 valence electrons. The molecule has 0 spiro atoms. The van der Waals surface area contributed by atoms with Crippen LogP contribution >= 0.6 is 0 Å². The number of hydrogen-bond acceptors (Lipinski definition) is 5. The number of rotatable bonds is 2. The Balaban J connectivity index is 1.52. The zero-order chi connectivity index (χ0) is 21.3. The Labute approximate surface area is 179 Å². The van der Waals surface area contributed by atoms with Gasteiger partial charge >= 0.3 is 0 Å². The lowest BCUT2D eigenvalue weighted by atomic mass is 9.83. The van der Waals surface area contributed by atoms with Gasteiger partial charge in [-0.1, -0.05) is 12.1 Å². The average molecular weight is 418 g/mol. The van der Waals surface area contributed by atoms with Crippen molar-refractivity contribution in [2.24, 2.45) is 0 Å². The number of carbonyl (C=O) groups excluding carboxylic acids is 2. The number of benzene rings is 2. The summed E-state index contributed by atoms with van der Waals surface area (Å²) in [7, 11) is 3.36. The van der Waals surface area contributed by atoms with Crippen LogP contribution in [-0.4, -0.2) is 55.2 Å². The number of nitrogens with zero attached hydrogens (tertiary/aromatic N) is 2. The molecule has 7 heteroatoms. The molecule has 0 radical (unpaired) electrons. The summed E-state index contributed by atoms with van der Waals surface area (Å²) in [5.41, 5.74) is 5.59. The van der Waals surface area contributed by atoms with Crippen LogP contribution in [0.25, 0.3) is 5.57 Å². The monoisotopic (exact) mass is 418 g/mol. The number of piperazine rings is 1. The Kier molecular flexibility index (Phi) is 3.84. The summed E-state index contributed by atoms with van der Waals surface area (Å²) in [6.45, 7) is 0.289. The van der Waals surface area contributed by atoms with E-state index in [0.29, 0.717) is 17.9 Å². The number of amides is 2. The summed E-state index contributed by atoms with van der Waals surface area (Å²) in [5, 5.41) is 0. The highest BCUT2D eigenvalue weighted by Gasteiger charge is 2.48. The van der Waals surface area contributed by atoms with E-state index in [9.17, 15) is 9.59 Å². The standard InChI is InChI=1S/C24H22N2O5/c1-25-11-22(27)26-19(24(25)28)10-17-16-5-4-15(29-2)7-14(16)8-18(17)23(26)13-3-6-20-21(9-13)31-12-30-20/h3-7,9,19,23H,8,10-12H2,1-2H3/t19-,23-/m1/s1. The first-order valence-corrected chi connectivity index (χ1v) is 10.4. The summed E-state index contributed by atoms with van der Waals surface area (Å²) in [6.07, 6.45) is 1.26. The highest BCUT2D eigenvalue weighted by Crippen LogP contribution is 2.51. The van der Waals surface area contributed by atoms with Crippen molar-refractivity contribution in [2.45, 2.75) is 24.9 Å². The lowest BCUT2D eigenvalue weighted by molar-refractivity contribution is -0.156. The summed E-state index contributed by atoms with van der Waals surface area (Å²) in [5.74, 6) is 2.13. The van der Waals surface area contributed by atoms with Crippen molar-refractivity contribution in [1.29, 1.82) is 0 Å². The lowest BCUT2D eigenvalue weighted by Gasteiger charge is -2.47. The molecule has 1 fully saturated rings. The third-order valence-electron chi connectivity index (χ3n) is 6.78. The number of fused-ring (bicyclic) bond motifs is 4. The number of carbonyl (C=O) groups is 2. The van der Waals surface area contributed by atoms with E-state index in [4.69, 9.17) is 14.2 Å². The third-order valence-corrected chi connectivity index (χ3v) is 6.78. The van der Waals surface area contributed by atoms with Crippen molar-refractivity contribution in [3.05, 3.63) is 58.7 Å². The molecule has 6 rings (SSSR count). The van der Waals surface area contributed by atoms with Gasteiger partial charge in [0.1, 0.15) is 11.8 Å². The Hall–Kier alpha value is -3.48. The van der Waals surface area contributed by atoms with Gasteiger partial charge < -0.3 is 24.0 Å². The number of methoxy groups -OCH3 is 1. The van der Waals surface area contributed by atoms with Crippen LogP contribution in [0.2, 0.25) is 0 Å². The Bertz CT molecular complexity index is 1170. The molecule has 0 unspecified atom stereocenters. The van der Waals surface area contributed by atoms with E-state index in [2.05, 4.69) is 12.1 Å². The molecule has 2 aromatic carbocycles. The first-order chi connectivity index (χ1) is 15.0. The van der Waals surface area contributed by atoms with Crippen LogP contribution in [-0.2, 0) is 16.0 Å². The van der Waals surface area contributed by atoms with E-state index in [1.54, 1.807) is 19.1 Å². The summed E-state index contributed by atoms with van der Waals surface area (Å²) >= 11 is 0. The molecule has 0 N–H and O–H groups in total. The molecule has 3 aliphatic heterocycles. The molecule has 0 saturated carbocycles. The number of hydrogen-bond donors (Lipinski definition) is 0. The largest absolute Gasteiger partial charge is 0.497 e. The topological polar surface area (TPSA) is 68.3 Å². The van der Waals surface area contributed by atoms with E-state index in [1.807, 2.05) is 24.3 Å². The molecule has 0 aromatic heterocycles. The zero-order valence-corrected chi connectivity index (χ0v) is 17.4. The van der Waals surface area contributed by atoms with Gasteiger partial charge in [-0.05, 0) is 58.5 Å². The van der Waals surface area contributed by atoms with Crippen LogP contribution in [0.15, 0.2) is 42.0 Å². The molecule has 7 nitrogen and oxygen atoms in total. The number of likely N-dealkylation sites (N-methyl/N-ethyl adjacent to an activating group) is 1. The first kappa shape index (κ1) is 18.3. The van der Waals surface area contributed by atoms with Crippen LogP contribution in [0.1, 0.15) is 29.2 Å². The summed E-state index contributed by atoms with van der Waals surface area (Å²) in [6, 6.07) is 11.1. The van der Waals surface area contributed by atoms with Gasteiger partial charge in [-0.25, -0.2) is 0 Å². The molecule has 31 heavy (non-hydrogen) atoms. The average Bonchev–Trinajstić information content (AvgIpc) is 3.39. The highest BCUT2D eigenvalue weighted by molar-refractivity contribution is 5.98. The Morgan fingerprint density at radius 2 is 1.90 bits per heavy atom. The van der Waals surface area contributed by atoms with E-state index in [1.165, 1.54) is 16.0 Å². The van der Waals surface area contributed by atoms with Gasteiger partial charge in [-0.2, -0.15) is 0 Å². The Morgan fingerprint density at radius 1 is 1.06 bits per heavy atom. The number of ether oxygens (including phenoxy) is 3. The smallest absolute Gasteiger partial charge is 0.245 e. The second-order valence-electron chi connectivity index (χ2n) is 8.43. The van der Waals surface area contributed by atoms with Gasteiger partial charge in [-0.3, -0.25) is 9.59 Å². The quantitative estimate of drug-likeness (QED) is 0.750. The molecule has 2 aromatic rings. The van der Waals surface area contributed by atoms with Crippen molar-refractivity contribution in [2.75, 3.05) is 27.5 Å². The van der Waals surface area contributed by atoms with Crippen molar-refractivity contribution < 1.29 is 23.8 Å². The molecule has 3 heterocycles. The van der Waals surface area contributed by atoms with Crippen LogP contribution in [0.5, 0.6) is 17.2 Å². The molecule has 1 saturated heterocycles. The van der Waals surface area contributed by atoms with E-state index < -0.39 is 6.04 Å². The van der Waals surface area contributed by atoms with Crippen molar-refractivity contribution >= 4 is 17.4 Å². The minimum atomic E-state index is -0.506. The maximum atomic E-state index is 13.2. The molecular formula is C24H22N2O5. The van der Waals surface area contributed by atoms with Gasteiger partial charge in [0.25, 0.3) is 0 Å². The van der Waals surface area contributed by atoms with Gasteiger partial charge in [0.15, 0.2) is 11.5 Å². The van der Waals surface area contributed by atoms with E-state index in [0.717, 1.165) is 28.9 Å². The van der Waals surface area contributed by atoms with Gasteiger partial charge in [0.05, 0.1) is 19.7 Å². The minimum Gasteiger partial charge on any atom is -0.497 e. The van der Waals surface area contributed by atoms with E-state index >= 15 is 0 Å². The lowest BCUT2D eigenvalue weighted by Crippen LogP contribution is -2.61. The first-order valence-electron chi connectivity index (χ1n) is 10.4. The van der Waals surface area contributed by atoms with Crippen LogP contribution in [0.4, 0.5) is 0 Å². The fourth-order valence-corrected chi connectivity index (χ4v) is 5.35. The maximum absolute atomic E-state index is 13.2. The normalized spacial score (nSPS) is 23.7. The maximum Gasteiger partial charge on any atom is 0.245 e. The minimum absolute atomic E-state index is 0.0149. The summed E-state index contributed by atoms with van der Waals surface area (Å²) < 4.78 is 16.5. The van der Waals surface area contributed by atoms with Gasteiger partial charge in [0, 0.05) is 13.5 Å². The van der Waals surface area contributed by atoms with Gasteiger partial charge in [-0.15, -0.1) is 0 Å². The second-order valence-corrected chi connectivity index (χ2v) is 8.43. The zero-order valence-electron chi connectivity index (χ0n) is 17.4. The van der Waals surface area contributed by atoms with Crippen LogP contribution in [0, 0.1) is 0 Å².